The number of nitriles is 1. The summed E-state index contributed by atoms with van der Waals surface area (Å²) < 4.78 is 0. The van der Waals surface area contributed by atoms with Crippen molar-refractivity contribution in [1.82, 2.24) is 0 Å². The Morgan fingerprint density at radius 2 is 1.85 bits per heavy atom. The van der Waals surface area contributed by atoms with Crippen LogP contribution in [-0.4, -0.2) is 5.54 Å². The normalized spacial score (nSPS) is 26.9. The molecule has 1 aliphatic rings. The zero-order chi connectivity index (χ0) is 14.8. The van der Waals surface area contributed by atoms with E-state index in [1.165, 1.54) is 0 Å². The van der Waals surface area contributed by atoms with Crippen LogP contribution in [0.3, 0.4) is 0 Å². The molecule has 0 aromatic heterocycles. The molecule has 0 saturated heterocycles. The highest BCUT2D eigenvalue weighted by Gasteiger charge is 2.39. The molecule has 0 atom stereocenters. The minimum Gasteiger partial charge on any atom is -0.366 e. The molecule has 1 aromatic rings. The second kappa shape index (κ2) is 5.66. The van der Waals surface area contributed by atoms with E-state index in [4.69, 9.17) is 11.6 Å². The quantitative estimate of drug-likeness (QED) is 0.807. The standard InChI is InChI=1S/C17H23ClN2/c1-16(2,3)13-8-10-17(12-19,11-9-13)20-15-7-5-4-6-14(15)18/h4-7,13,20H,8-11H2,1-3H3. The average molecular weight is 291 g/mol. The smallest absolute Gasteiger partial charge is 0.125 e. The molecule has 0 spiro atoms. The molecule has 0 unspecified atom stereocenters. The number of benzene rings is 1. The number of nitrogens with zero attached hydrogens (tertiary/aromatic N) is 1. The van der Waals surface area contributed by atoms with Gasteiger partial charge in [-0.2, -0.15) is 5.26 Å². The van der Waals surface area contributed by atoms with Crippen molar-refractivity contribution < 1.29 is 0 Å². The third-order valence-corrected chi connectivity index (χ3v) is 4.86. The fourth-order valence-electron chi connectivity index (χ4n) is 3.06. The van der Waals surface area contributed by atoms with Gasteiger partial charge in [-0.25, -0.2) is 0 Å². The highest BCUT2D eigenvalue weighted by molar-refractivity contribution is 6.33. The summed E-state index contributed by atoms with van der Waals surface area (Å²) in [7, 11) is 0. The molecule has 0 bridgehead atoms. The van der Waals surface area contributed by atoms with Gasteiger partial charge >= 0.3 is 0 Å². The van der Waals surface area contributed by atoms with E-state index >= 15 is 0 Å². The molecule has 0 heterocycles. The van der Waals surface area contributed by atoms with Crippen LogP contribution < -0.4 is 5.32 Å². The van der Waals surface area contributed by atoms with E-state index in [0.717, 1.165) is 31.4 Å². The topological polar surface area (TPSA) is 35.8 Å². The second-order valence-electron chi connectivity index (χ2n) is 6.94. The van der Waals surface area contributed by atoms with E-state index in [1.54, 1.807) is 0 Å². The molecule has 0 aliphatic heterocycles. The Balaban J connectivity index is 2.10. The molecule has 1 aromatic carbocycles. The Kier molecular flexibility index (Phi) is 4.30. The zero-order valence-corrected chi connectivity index (χ0v) is 13.3. The van der Waals surface area contributed by atoms with Crippen molar-refractivity contribution in [3.05, 3.63) is 29.3 Å². The maximum atomic E-state index is 9.63. The van der Waals surface area contributed by atoms with E-state index in [1.807, 2.05) is 24.3 Å². The van der Waals surface area contributed by atoms with Crippen LogP contribution in [0.25, 0.3) is 0 Å². The summed E-state index contributed by atoms with van der Waals surface area (Å²) in [6.07, 6.45) is 3.95. The summed E-state index contributed by atoms with van der Waals surface area (Å²) in [4.78, 5) is 0. The number of hydrogen-bond donors (Lipinski definition) is 1. The fraction of sp³-hybridized carbons (Fsp3) is 0.588. The molecule has 0 radical (unpaired) electrons. The predicted molar refractivity (Wildman–Crippen MR) is 84.8 cm³/mol. The van der Waals surface area contributed by atoms with Crippen LogP contribution in [-0.2, 0) is 0 Å². The summed E-state index contributed by atoms with van der Waals surface area (Å²) >= 11 is 6.19. The molecule has 1 N–H and O–H groups in total. The first kappa shape index (κ1) is 15.2. The summed E-state index contributed by atoms with van der Waals surface area (Å²) in [6, 6.07) is 10.1. The van der Waals surface area contributed by atoms with Crippen LogP contribution in [0.15, 0.2) is 24.3 Å². The molecule has 1 fully saturated rings. The number of anilines is 1. The van der Waals surface area contributed by atoms with Gasteiger partial charge in [0.2, 0.25) is 0 Å². The van der Waals surface area contributed by atoms with E-state index in [2.05, 4.69) is 32.2 Å². The van der Waals surface area contributed by atoms with Crippen molar-refractivity contribution in [3.8, 4) is 6.07 Å². The molecule has 20 heavy (non-hydrogen) atoms. The van der Waals surface area contributed by atoms with E-state index in [0.29, 0.717) is 16.4 Å². The van der Waals surface area contributed by atoms with Gasteiger partial charge in [0.25, 0.3) is 0 Å². The summed E-state index contributed by atoms with van der Waals surface area (Å²) in [6.45, 7) is 6.87. The van der Waals surface area contributed by atoms with Gasteiger partial charge in [-0.1, -0.05) is 44.5 Å². The summed E-state index contributed by atoms with van der Waals surface area (Å²) in [5, 5.41) is 13.7. The first-order valence-corrected chi connectivity index (χ1v) is 7.68. The van der Waals surface area contributed by atoms with Crippen molar-refractivity contribution in [2.75, 3.05) is 5.32 Å². The molecule has 2 rings (SSSR count). The first-order valence-electron chi connectivity index (χ1n) is 7.30. The minimum absolute atomic E-state index is 0.325. The maximum absolute atomic E-state index is 9.63. The molecular weight excluding hydrogens is 268 g/mol. The van der Waals surface area contributed by atoms with Crippen molar-refractivity contribution in [1.29, 1.82) is 5.26 Å². The molecule has 108 valence electrons. The Labute approximate surface area is 127 Å². The Hall–Kier alpha value is -1.20. The lowest BCUT2D eigenvalue weighted by Gasteiger charge is -2.41. The van der Waals surface area contributed by atoms with E-state index in [9.17, 15) is 5.26 Å². The van der Waals surface area contributed by atoms with Crippen molar-refractivity contribution >= 4 is 17.3 Å². The minimum atomic E-state index is -0.466. The van der Waals surface area contributed by atoms with Gasteiger partial charge in [0.15, 0.2) is 0 Å². The highest BCUT2D eigenvalue weighted by Crippen LogP contribution is 2.42. The van der Waals surface area contributed by atoms with Crippen LogP contribution >= 0.6 is 11.6 Å². The lowest BCUT2D eigenvalue weighted by atomic mass is 9.67. The lowest BCUT2D eigenvalue weighted by molar-refractivity contribution is 0.159. The number of halogens is 1. The van der Waals surface area contributed by atoms with E-state index in [-0.39, 0.29) is 0 Å². The SMILES string of the molecule is CC(C)(C)C1CCC(C#N)(Nc2ccccc2Cl)CC1. The molecule has 3 heteroatoms. The van der Waals surface area contributed by atoms with Gasteiger partial charge in [-0.3, -0.25) is 0 Å². The lowest BCUT2D eigenvalue weighted by Crippen LogP contribution is -2.42. The number of rotatable bonds is 2. The van der Waals surface area contributed by atoms with E-state index < -0.39 is 5.54 Å². The van der Waals surface area contributed by atoms with Crippen LogP contribution in [0.2, 0.25) is 5.02 Å². The predicted octanol–water partition coefficient (Wildman–Crippen LogP) is 5.25. The Bertz CT molecular complexity index is 502. The van der Waals surface area contributed by atoms with Crippen molar-refractivity contribution in [3.63, 3.8) is 0 Å². The molecule has 1 aliphatic carbocycles. The number of hydrogen-bond acceptors (Lipinski definition) is 2. The van der Waals surface area contributed by atoms with Crippen LogP contribution in [0.1, 0.15) is 46.5 Å². The molecule has 1 saturated carbocycles. The highest BCUT2D eigenvalue weighted by atomic mass is 35.5. The molecule has 0 amide bonds. The zero-order valence-electron chi connectivity index (χ0n) is 12.5. The number of nitrogens with one attached hydrogen (secondary N) is 1. The van der Waals surface area contributed by atoms with Crippen LogP contribution in [0, 0.1) is 22.7 Å². The third kappa shape index (κ3) is 3.27. The third-order valence-electron chi connectivity index (χ3n) is 4.53. The van der Waals surface area contributed by atoms with Gasteiger partial charge in [0.05, 0.1) is 16.8 Å². The summed E-state index contributed by atoms with van der Waals surface area (Å²) in [5.41, 5.74) is 0.726. The monoisotopic (exact) mass is 290 g/mol. The first-order chi connectivity index (χ1) is 9.36. The van der Waals surface area contributed by atoms with Gasteiger partial charge in [-0.15, -0.1) is 0 Å². The van der Waals surface area contributed by atoms with Gasteiger partial charge in [0, 0.05) is 0 Å². The Morgan fingerprint density at radius 3 is 2.35 bits per heavy atom. The van der Waals surface area contributed by atoms with Crippen LogP contribution in [0.4, 0.5) is 5.69 Å². The molecular formula is C17H23ClN2. The van der Waals surface area contributed by atoms with Crippen molar-refractivity contribution in [2.24, 2.45) is 11.3 Å². The number of para-hydroxylation sites is 1. The summed E-state index contributed by atoms with van der Waals surface area (Å²) in [5.74, 6) is 0.692. The average Bonchev–Trinajstić information content (AvgIpc) is 2.41. The fourth-order valence-corrected chi connectivity index (χ4v) is 3.24. The van der Waals surface area contributed by atoms with Crippen molar-refractivity contribution in [2.45, 2.75) is 52.0 Å². The van der Waals surface area contributed by atoms with Gasteiger partial charge in [0.1, 0.15) is 5.54 Å². The largest absolute Gasteiger partial charge is 0.366 e. The van der Waals surface area contributed by atoms with Gasteiger partial charge in [-0.05, 0) is 49.1 Å². The van der Waals surface area contributed by atoms with Crippen LogP contribution in [0.5, 0.6) is 0 Å². The second-order valence-corrected chi connectivity index (χ2v) is 7.35. The maximum Gasteiger partial charge on any atom is 0.125 e. The van der Waals surface area contributed by atoms with Gasteiger partial charge < -0.3 is 5.32 Å². The Morgan fingerprint density at radius 1 is 1.25 bits per heavy atom. The molecule has 2 nitrogen and oxygen atoms in total.